The number of hydrogen-bond donors (Lipinski definition) is 1. The van der Waals surface area contributed by atoms with Gasteiger partial charge >= 0.3 is 5.97 Å². The van der Waals surface area contributed by atoms with Gasteiger partial charge in [0.1, 0.15) is 0 Å². The van der Waals surface area contributed by atoms with Crippen LogP contribution in [0.25, 0.3) is 0 Å². The number of nitrogens with one attached hydrogen (secondary N) is 1. The highest BCUT2D eigenvalue weighted by Gasteiger charge is 2.28. The van der Waals surface area contributed by atoms with E-state index in [0.717, 1.165) is 18.4 Å². The van der Waals surface area contributed by atoms with Gasteiger partial charge in [-0.3, -0.25) is 4.79 Å². The van der Waals surface area contributed by atoms with Crippen LogP contribution in [0.1, 0.15) is 25.3 Å². The van der Waals surface area contributed by atoms with Crippen LogP contribution in [0.2, 0.25) is 0 Å². The Morgan fingerprint density at radius 3 is 2.52 bits per heavy atom. The number of esters is 1. The molecule has 0 saturated carbocycles. The first-order valence-electron chi connectivity index (χ1n) is 7.98. The van der Waals surface area contributed by atoms with Crippen LogP contribution in [-0.4, -0.2) is 44.9 Å². The van der Waals surface area contributed by atoms with Crippen molar-refractivity contribution >= 4 is 16.2 Å². The summed E-state index contributed by atoms with van der Waals surface area (Å²) in [7, 11) is -3.52. The summed E-state index contributed by atoms with van der Waals surface area (Å²) in [5.74, 6) is -0.907. The molecule has 1 N–H and O–H groups in total. The maximum atomic E-state index is 12.2. The van der Waals surface area contributed by atoms with E-state index in [1.807, 2.05) is 30.3 Å². The highest BCUT2D eigenvalue weighted by Crippen LogP contribution is 2.14. The van der Waals surface area contributed by atoms with Crippen LogP contribution in [0.15, 0.2) is 30.3 Å². The summed E-state index contributed by atoms with van der Waals surface area (Å²) >= 11 is 0. The normalized spacial score (nSPS) is 17.1. The molecule has 23 heavy (non-hydrogen) atoms. The first-order valence-corrected chi connectivity index (χ1v) is 9.42. The van der Waals surface area contributed by atoms with E-state index < -0.39 is 16.1 Å². The lowest BCUT2D eigenvalue weighted by atomic mass is 10.00. The van der Waals surface area contributed by atoms with E-state index in [4.69, 9.17) is 4.74 Å². The van der Waals surface area contributed by atoms with Gasteiger partial charge in [0.05, 0.1) is 12.5 Å². The van der Waals surface area contributed by atoms with E-state index >= 15 is 0 Å². The Labute approximate surface area is 138 Å². The van der Waals surface area contributed by atoms with E-state index in [-0.39, 0.29) is 19.1 Å². The fraction of sp³-hybridized carbons (Fsp3) is 0.562. The monoisotopic (exact) mass is 340 g/mol. The summed E-state index contributed by atoms with van der Waals surface area (Å²) in [5.41, 5.74) is 0.978. The van der Waals surface area contributed by atoms with Crippen molar-refractivity contribution in [1.29, 1.82) is 0 Å². The van der Waals surface area contributed by atoms with Gasteiger partial charge in [0, 0.05) is 19.6 Å². The van der Waals surface area contributed by atoms with Crippen LogP contribution in [0.5, 0.6) is 0 Å². The summed E-state index contributed by atoms with van der Waals surface area (Å²) in [5, 5.41) is 0. The Morgan fingerprint density at radius 2 is 1.91 bits per heavy atom. The molecule has 0 aliphatic carbocycles. The molecule has 1 aromatic carbocycles. The molecule has 1 fully saturated rings. The van der Waals surface area contributed by atoms with Crippen LogP contribution in [0, 0.1) is 5.92 Å². The maximum Gasteiger partial charge on any atom is 0.310 e. The molecule has 0 radical (unpaired) electrons. The van der Waals surface area contributed by atoms with Gasteiger partial charge < -0.3 is 4.74 Å². The molecule has 1 aliphatic rings. The third-order valence-corrected chi connectivity index (χ3v) is 5.44. The zero-order chi connectivity index (χ0) is 16.7. The highest BCUT2D eigenvalue weighted by atomic mass is 32.2. The van der Waals surface area contributed by atoms with Crippen LogP contribution < -0.4 is 4.72 Å². The third kappa shape index (κ3) is 5.30. The fourth-order valence-electron chi connectivity index (χ4n) is 2.62. The Kier molecular flexibility index (Phi) is 6.56. The first-order chi connectivity index (χ1) is 11.0. The molecule has 1 atom stereocenters. The number of hydrogen-bond acceptors (Lipinski definition) is 4. The molecule has 1 aromatic rings. The van der Waals surface area contributed by atoms with Crippen molar-refractivity contribution in [3.63, 3.8) is 0 Å². The lowest BCUT2D eigenvalue weighted by molar-refractivity contribution is -0.147. The molecule has 2 rings (SSSR count). The predicted octanol–water partition coefficient (Wildman–Crippen LogP) is 1.34. The van der Waals surface area contributed by atoms with Gasteiger partial charge in [-0.1, -0.05) is 30.3 Å². The molecule has 0 bridgehead atoms. The van der Waals surface area contributed by atoms with Gasteiger partial charge in [0.15, 0.2) is 0 Å². The van der Waals surface area contributed by atoms with Gasteiger partial charge in [-0.2, -0.15) is 12.7 Å². The lowest BCUT2D eigenvalue weighted by Gasteiger charge is -2.20. The summed E-state index contributed by atoms with van der Waals surface area (Å²) in [6.45, 7) is 3.15. The van der Waals surface area contributed by atoms with Gasteiger partial charge in [-0.25, -0.2) is 4.72 Å². The largest absolute Gasteiger partial charge is 0.466 e. The number of rotatable bonds is 8. The van der Waals surface area contributed by atoms with Crippen molar-refractivity contribution in [2.45, 2.75) is 26.2 Å². The average molecular weight is 340 g/mol. The molecule has 0 aromatic heterocycles. The second-order valence-corrected chi connectivity index (χ2v) is 7.35. The minimum atomic E-state index is -3.52. The molecular weight excluding hydrogens is 316 g/mol. The molecule has 128 valence electrons. The van der Waals surface area contributed by atoms with Crippen molar-refractivity contribution in [2.75, 3.05) is 26.2 Å². The Hall–Kier alpha value is -1.44. The number of ether oxygens (including phenoxy) is 1. The minimum Gasteiger partial charge on any atom is -0.466 e. The van der Waals surface area contributed by atoms with Crippen molar-refractivity contribution < 1.29 is 17.9 Å². The summed E-state index contributed by atoms with van der Waals surface area (Å²) in [6, 6.07) is 9.53. The molecule has 0 amide bonds. The van der Waals surface area contributed by atoms with Crippen molar-refractivity contribution in [3.05, 3.63) is 35.9 Å². The van der Waals surface area contributed by atoms with Crippen molar-refractivity contribution in [3.8, 4) is 0 Å². The SMILES string of the molecule is CCOC(=O)C(CNS(=O)(=O)N1CCCC1)Cc1ccccc1. The van der Waals surface area contributed by atoms with Crippen LogP contribution in [0.4, 0.5) is 0 Å². The van der Waals surface area contributed by atoms with Gasteiger partial charge in [0.2, 0.25) is 0 Å². The number of benzene rings is 1. The maximum absolute atomic E-state index is 12.2. The zero-order valence-corrected chi connectivity index (χ0v) is 14.2. The van der Waals surface area contributed by atoms with E-state index in [9.17, 15) is 13.2 Å². The minimum absolute atomic E-state index is 0.0482. The number of carbonyl (C=O) groups excluding carboxylic acids is 1. The second-order valence-electron chi connectivity index (χ2n) is 5.60. The fourth-order valence-corrected chi connectivity index (χ4v) is 3.96. The molecule has 1 heterocycles. The van der Waals surface area contributed by atoms with Crippen molar-refractivity contribution in [1.82, 2.24) is 9.03 Å². The predicted molar refractivity (Wildman–Crippen MR) is 88.0 cm³/mol. The average Bonchev–Trinajstić information content (AvgIpc) is 3.08. The Bertz CT molecular complexity index is 598. The quantitative estimate of drug-likeness (QED) is 0.725. The zero-order valence-electron chi connectivity index (χ0n) is 13.4. The Balaban J connectivity index is 2.00. The van der Waals surface area contributed by atoms with Crippen LogP contribution >= 0.6 is 0 Å². The first kappa shape index (κ1) is 17.9. The van der Waals surface area contributed by atoms with E-state index in [2.05, 4.69) is 4.72 Å². The summed E-state index contributed by atoms with van der Waals surface area (Å²) in [6.07, 6.45) is 2.21. The summed E-state index contributed by atoms with van der Waals surface area (Å²) < 4.78 is 33.5. The molecule has 1 saturated heterocycles. The number of nitrogens with zero attached hydrogens (tertiary/aromatic N) is 1. The van der Waals surface area contributed by atoms with E-state index in [1.54, 1.807) is 6.92 Å². The molecule has 0 spiro atoms. The van der Waals surface area contributed by atoms with E-state index in [1.165, 1.54) is 4.31 Å². The molecule has 1 aliphatic heterocycles. The highest BCUT2D eigenvalue weighted by molar-refractivity contribution is 7.87. The summed E-state index contributed by atoms with van der Waals surface area (Å²) in [4.78, 5) is 12.1. The van der Waals surface area contributed by atoms with Crippen molar-refractivity contribution in [2.24, 2.45) is 5.92 Å². The molecule has 7 heteroatoms. The topological polar surface area (TPSA) is 75.7 Å². The van der Waals surface area contributed by atoms with Gasteiger partial charge in [-0.15, -0.1) is 0 Å². The standard InChI is InChI=1S/C16H24N2O4S/c1-2-22-16(19)15(12-14-8-4-3-5-9-14)13-17-23(20,21)18-10-6-7-11-18/h3-5,8-9,15,17H,2,6-7,10-13H2,1H3. The van der Waals surface area contributed by atoms with Crippen LogP contribution in [-0.2, 0) is 26.2 Å². The molecule has 1 unspecified atom stereocenters. The second kappa shape index (κ2) is 8.42. The van der Waals surface area contributed by atoms with Gasteiger partial charge in [0.25, 0.3) is 10.2 Å². The lowest BCUT2D eigenvalue weighted by Crippen LogP contribution is -2.42. The molecular formula is C16H24N2O4S. The molecule has 6 nitrogen and oxygen atoms in total. The van der Waals surface area contributed by atoms with E-state index in [0.29, 0.717) is 19.5 Å². The van der Waals surface area contributed by atoms with Gasteiger partial charge in [-0.05, 0) is 31.7 Å². The smallest absolute Gasteiger partial charge is 0.310 e. The number of carbonyl (C=O) groups is 1. The third-order valence-electron chi connectivity index (χ3n) is 3.86. The van der Waals surface area contributed by atoms with Crippen LogP contribution in [0.3, 0.4) is 0 Å². The Morgan fingerprint density at radius 1 is 1.26 bits per heavy atom.